The van der Waals surface area contributed by atoms with Crippen LogP contribution in [-0.4, -0.2) is 24.1 Å². The highest BCUT2D eigenvalue weighted by Crippen LogP contribution is 2.14. The van der Waals surface area contributed by atoms with Gasteiger partial charge in [-0.3, -0.25) is 4.90 Å². The van der Waals surface area contributed by atoms with Crippen molar-refractivity contribution in [1.29, 1.82) is 0 Å². The lowest BCUT2D eigenvalue weighted by Crippen LogP contribution is -2.29. The van der Waals surface area contributed by atoms with Crippen LogP contribution in [-0.2, 0) is 17.9 Å². The van der Waals surface area contributed by atoms with Crippen molar-refractivity contribution in [3.8, 4) is 0 Å². The molecule has 0 N–H and O–H groups in total. The number of hydrogen-bond donors (Lipinski definition) is 0. The van der Waals surface area contributed by atoms with Gasteiger partial charge in [-0.1, -0.05) is 30.7 Å². The maximum atomic E-state index is 10.1. The van der Waals surface area contributed by atoms with Crippen molar-refractivity contribution in [2.24, 2.45) is 4.99 Å². The van der Waals surface area contributed by atoms with Crippen LogP contribution in [0.4, 0.5) is 0 Å². The summed E-state index contributed by atoms with van der Waals surface area (Å²) in [5.74, 6) is 0. The minimum Gasteiger partial charge on any atom is -0.299 e. The van der Waals surface area contributed by atoms with Crippen molar-refractivity contribution in [2.75, 3.05) is 13.1 Å². The monoisotopic (exact) mass is 230 g/mol. The number of piperidine rings is 1. The average Bonchev–Trinajstić information content (AvgIpc) is 2.38. The van der Waals surface area contributed by atoms with Crippen LogP contribution in [0.3, 0.4) is 0 Å². The van der Waals surface area contributed by atoms with Crippen LogP contribution in [0.25, 0.3) is 0 Å². The lowest BCUT2D eigenvalue weighted by atomic mass is 10.1. The van der Waals surface area contributed by atoms with Gasteiger partial charge in [0.1, 0.15) is 0 Å². The highest BCUT2D eigenvalue weighted by Gasteiger charge is 2.10. The van der Waals surface area contributed by atoms with Crippen LogP contribution in [0.2, 0.25) is 0 Å². The number of hydrogen-bond acceptors (Lipinski definition) is 3. The molecule has 3 heteroatoms. The molecule has 1 heterocycles. The van der Waals surface area contributed by atoms with Gasteiger partial charge < -0.3 is 0 Å². The number of aliphatic imine (C=N–C) groups is 1. The van der Waals surface area contributed by atoms with Crippen molar-refractivity contribution in [1.82, 2.24) is 4.90 Å². The Hall–Kier alpha value is -1.44. The second-order valence-corrected chi connectivity index (χ2v) is 4.56. The topological polar surface area (TPSA) is 32.7 Å². The molecule has 3 nitrogen and oxygen atoms in total. The largest absolute Gasteiger partial charge is 0.299 e. The maximum absolute atomic E-state index is 10.1. The van der Waals surface area contributed by atoms with Gasteiger partial charge in [0.15, 0.2) is 0 Å². The number of nitrogens with zero attached hydrogens (tertiary/aromatic N) is 2. The quantitative estimate of drug-likeness (QED) is 0.588. The first-order valence-corrected chi connectivity index (χ1v) is 6.22. The minimum atomic E-state index is 0.442. The second kappa shape index (κ2) is 6.33. The van der Waals surface area contributed by atoms with Crippen LogP contribution in [0.5, 0.6) is 0 Å². The summed E-state index contributed by atoms with van der Waals surface area (Å²) in [7, 11) is 0. The summed E-state index contributed by atoms with van der Waals surface area (Å²) < 4.78 is 0. The Morgan fingerprint density at radius 1 is 1.18 bits per heavy atom. The Balaban J connectivity index is 1.97. The first-order chi connectivity index (χ1) is 8.38. The van der Waals surface area contributed by atoms with E-state index in [1.807, 2.05) is 12.1 Å². The van der Waals surface area contributed by atoms with Crippen molar-refractivity contribution in [3.05, 3.63) is 35.4 Å². The first kappa shape index (κ1) is 12.0. The van der Waals surface area contributed by atoms with E-state index in [0.717, 1.165) is 12.1 Å². The van der Waals surface area contributed by atoms with Gasteiger partial charge in [-0.2, -0.15) is 0 Å². The summed E-state index contributed by atoms with van der Waals surface area (Å²) in [6, 6.07) is 8.31. The van der Waals surface area contributed by atoms with E-state index in [1.165, 1.54) is 37.9 Å². The molecule has 0 aliphatic carbocycles. The molecule has 0 spiro atoms. The summed E-state index contributed by atoms with van der Waals surface area (Å²) >= 11 is 0. The summed E-state index contributed by atoms with van der Waals surface area (Å²) in [4.78, 5) is 16.2. The molecule has 0 atom stereocenters. The van der Waals surface area contributed by atoms with Crippen molar-refractivity contribution in [3.63, 3.8) is 0 Å². The predicted molar refractivity (Wildman–Crippen MR) is 67.4 cm³/mol. The fourth-order valence-electron chi connectivity index (χ4n) is 2.33. The lowest BCUT2D eigenvalue weighted by molar-refractivity contribution is 0.221. The fraction of sp³-hybridized carbons (Fsp3) is 0.500. The van der Waals surface area contributed by atoms with E-state index in [2.05, 4.69) is 22.0 Å². The second-order valence-electron chi connectivity index (χ2n) is 4.56. The van der Waals surface area contributed by atoms with Gasteiger partial charge >= 0.3 is 0 Å². The van der Waals surface area contributed by atoms with Gasteiger partial charge in [0, 0.05) is 6.54 Å². The SMILES string of the molecule is O=C=NCc1cccc(CN2CCCCC2)c1. The van der Waals surface area contributed by atoms with Gasteiger partial charge in [-0.05, 0) is 37.1 Å². The fourth-order valence-corrected chi connectivity index (χ4v) is 2.33. The maximum Gasteiger partial charge on any atom is 0.235 e. The van der Waals surface area contributed by atoms with E-state index >= 15 is 0 Å². The van der Waals surface area contributed by atoms with Crippen LogP contribution in [0.1, 0.15) is 30.4 Å². The molecule has 0 bridgehead atoms. The van der Waals surface area contributed by atoms with E-state index in [1.54, 1.807) is 6.08 Å². The standard InChI is InChI=1S/C14H18N2O/c17-12-15-10-13-5-4-6-14(9-13)11-16-7-2-1-3-8-16/h4-6,9H,1-3,7-8,10-11H2. The molecule has 1 aromatic carbocycles. The molecule has 0 saturated carbocycles. The highest BCUT2D eigenvalue weighted by molar-refractivity contribution is 5.34. The van der Waals surface area contributed by atoms with Crippen molar-refractivity contribution < 1.29 is 4.79 Å². The molecular formula is C14H18N2O. The molecule has 1 aromatic rings. The predicted octanol–water partition coefficient (Wildman–Crippen LogP) is 2.51. The van der Waals surface area contributed by atoms with E-state index in [9.17, 15) is 4.79 Å². The Kier molecular flexibility index (Phi) is 4.48. The summed E-state index contributed by atoms with van der Waals surface area (Å²) in [6.45, 7) is 3.86. The van der Waals surface area contributed by atoms with Crippen molar-refractivity contribution in [2.45, 2.75) is 32.4 Å². The van der Waals surface area contributed by atoms with E-state index in [4.69, 9.17) is 0 Å². The molecule has 17 heavy (non-hydrogen) atoms. The third kappa shape index (κ3) is 3.81. The molecule has 1 saturated heterocycles. The molecule has 1 aliphatic heterocycles. The third-order valence-corrected chi connectivity index (χ3v) is 3.17. The normalized spacial score (nSPS) is 16.5. The van der Waals surface area contributed by atoms with Crippen LogP contribution >= 0.6 is 0 Å². The zero-order chi connectivity index (χ0) is 11.9. The lowest BCUT2D eigenvalue weighted by Gasteiger charge is -2.26. The molecule has 1 aliphatic rings. The number of benzene rings is 1. The minimum absolute atomic E-state index is 0.442. The smallest absolute Gasteiger partial charge is 0.235 e. The summed E-state index contributed by atoms with van der Waals surface area (Å²) in [5, 5.41) is 0. The summed E-state index contributed by atoms with van der Waals surface area (Å²) in [5.41, 5.74) is 2.40. The van der Waals surface area contributed by atoms with Gasteiger partial charge in [0.05, 0.1) is 6.54 Å². The summed E-state index contributed by atoms with van der Waals surface area (Å²) in [6.07, 6.45) is 5.58. The Morgan fingerprint density at radius 3 is 2.71 bits per heavy atom. The van der Waals surface area contributed by atoms with Crippen LogP contribution in [0.15, 0.2) is 29.3 Å². The molecule has 90 valence electrons. The van der Waals surface area contributed by atoms with Crippen LogP contribution in [0, 0.1) is 0 Å². The number of isocyanates is 1. The third-order valence-electron chi connectivity index (χ3n) is 3.17. The van der Waals surface area contributed by atoms with E-state index in [0.29, 0.717) is 6.54 Å². The zero-order valence-electron chi connectivity index (χ0n) is 10.1. The zero-order valence-corrected chi connectivity index (χ0v) is 10.1. The first-order valence-electron chi connectivity index (χ1n) is 6.22. The molecule has 2 rings (SSSR count). The Morgan fingerprint density at radius 2 is 1.94 bits per heavy atom. The molecule has 0 amide bonds. The van der Waals surface area contributed by atoms with Crippen molar-refractivity contribution >= 4 is 6.08 Å². The Bertz CT molecular complexity index is 404. The van der Waals surface area contributed by atoms with Crippen LogP contribution < -0.4 is 0 Å². The van der Waals surface area contributed by atoms with Gasteiger partial charge in [-0.15, -0.1) is 0 Å². The molecule has 0 unspecified atom stereocenters. The number of likely N-dealkylation sites (tertiary alicyclic amines) is 1. The molecule has 1 fully saturated rings. The van der Waals surface area contributed by atoms with E-state index < -0.39 is 0 Å². The number of rotatable bonds is 4. The van der Waals surface area contributed by atoms with E-state index in [-0.39, 0.29) is 0 Å². The average molecular weight is 230 g/mol. The Labute approximate surface area is 102 Å². The number of carbonyl (C=O) groups excluding carboxylic acids is 1. The molecule has 0 radical (unpaired) electrons. The highest BCUT2D eigenvalue weighted by atomic mass is 16.1. The van der Waals surface area contributed by atoms with Gasteiger partial charge in [0.2, 0.25) is 6.08 Å². The van der Waals surface area contributed by atoms with Gasteiger partial charge in [0.25, 0.3) is 0 Å². The molecule has 0 aromatic heterocycles. The molecular weight excluding hydrogens is 212 g/mol. The van der Waals surface area contributed by atoms with Gasteiger partial charge in [-0.25, -0.2) is 9.79 Å².